The molecule has 0 saturated heterocycles. The molecule has 20 heavy (non-hydrogen) atoms. The monoisotopic (exact) mass is 285 g/mol. The molecule has 0 aliphatic carbocycles. The highest BCUT2D eigenvalue weighted by molar-refractivity contribution is 6.30. The van der Waals surface area contributed by atoms with Crippen LogP contribution in [0.5, 0.6) is 5.88 Å². The van der Waals surface area contributed by atoms with Crippen LogP contribution in [0.3, 0.4) is 0 Å². The third kappa shape index (κ3) is 2.42. The molecule has 0 aliphatic rings. The van der Waals surface area contributed by atoms with Gasteiger partial charge < -0.3 is 4.74 Å². The van der Waals surface area contributed by atoms with Crippen LogP contribution in [0.2, 0.25) is 5.02 Å². The summed E-state index contributed by atoms with van der Waals surface area (Å²) >= 11 is 5.94. The Balaban J connectivity index is 2.23. The fourth-order valence-corrected chi connectivity index (χ4v) is 2.18. The predicted molar refractivity (Wildman–Crippen MR) is 78.9 cm³/mol. The second kappa shape index (κ2) is 5.43. The molecule has 5 heteroatoms. The molecule has 1 aromatic carbocycles. The van der Waals surface area contributed by atoms with Gasteiger partial charge in [0.15, 0.2) is 0 Å². The van der Waals surface area contributed by atoms with Gasteiger partial charge in [-0.3, -0.25) is 0 Å². The zero-order valence-corrected chi connectivity index (χ0v) is 11.6. The Morgan fingerprint density at radius 2 is 1.85 bits per heavy atom. The number of rotatable bonds is 3. The first-order valence-electron chi connectivity index (χ1n) is 6.28. The topological polar surface area (TPSA) is 47.9 Å². The lowest BCUT2D eigenvalue weighted by atomic mass is 10.0. The first-order chi connectivity index (χ1) is 9.78. The predicted octanol–water partition coefficient (Wildman–Crippen LogP) is 3.74. The number of fused-ring (bicyclic) bond motifs is 1. The molecule has 0 N–H and O–H groups in total. The molecule has 100 valence electrons. The van der Waals surface area contributed by atoms with E-state index in [-0.39, 0.29) is 0 Å². The minimum Gasteiger partial charge on any atom is -0.478 e. The maximum Gasteiger partial charge on any atom is 0.214 e. The Kier molecular flexibility index (Phi) is 3.48. The van der Waals surface area contributed by atoms with Crippen molar-refractivity contribution < 1.29 is 4.74 Å². The highest BCUT2D eigenvalue weighted by Gasteiger charge is 2.09. The lowest BCUT2D eigenvalue weighted by Gasteiger charge is -2.09. The van der Waals surface area contributed by atoms with Gasteiger partial charge in [0.2, 0.25) is 5.88 Å². The van der Waals surface area contributed by atoms with Crippen LogP contribution in [0.15, 0.2) is 42.7 Å². The summed E-state index contributed by atoms with van der Waals surface area (Å²) in [6.07, 6.45) is 3.35. The van der Waals surface area contributed by atoms with E-state index in [4.69, 9.17) is 16.3 Å². The SMILES string of the molecule is CCOc1cc(-c2ccc(Cl)cc2)c2cnncc2n1. The highest BCUT2D eigenvalue weighted by atomic mass is 35.5. The third-order valence-corrected chi connectivity index (χ3v) is 3.20. The van der Waals surface area contributed by atoms with Gasteiger partial charge >= 0.3 is 0 Å². The lowest BCUT2D eigenvalue weighted by Crippen LogP contribution is -1.96. The minimum absolute atomic E-state index is 0.567. The summed E-state index contributed by atoms with van der Waals surface area (Å²) in [5, 5.41) is 9.45. The van der Waals surface area contributed by atoms with Gasteiger partial charge in [-0.2, -0.15) is 10.2 Å². The van der Waals surface area contributed by atoms with Crippen molar-refractivity contribution in [2.24, 2.45) is 0 Å². The van der Waals surface area contributed by atoms with Gasteiger partial charge in [0.05, 0.1) is 24.5 Å². The molecule has 3 rings (SSSR count). The van der Waals surface area contributed by atoms with Gasteiger partial charge in [-0.15, -0.1) is 0 Å². The number of pyridine rings is 1. The van der Waals surface area contributed by atoms with Crippen LogP contribution in [-0.2, 0) is 0 Å². The standard InChI is InChI=1S/C15H12ClN3O/c1-2-20-15-7-12(10-3-5-11(16)6-4-10)13-8-17-18-9-14(13)19-15/h3-9H,2H2,1H3. The summed E-state index contributed by atoms with van der Waals surface area (Å²) in [4.78, 5) is 4.42. The quantitative estimate of drug-likeness (QED) is 0.735. The summed E-state index contributed by atoms with van der Waals surface area (Å²) in [5.74, 6) is 0.581. The van der Waals surface area contributed by atoms with Crippen LogP contribution < -0.4 is 4.74 Å². The Hall–Kier alpha value is -2.20. The second-order valence-corrected chi connectivity index (χ2v) is 4.67. The molecular formula is C15H12ClN3O. The van der Waals surface area contributed by atoms with Gasteiger partial charge in [-0.05, 0) is 30.2 Å². The fraction of sp³-hybridized carbons (Fsp3) is 0.133. The van der Waals surface area contributed by atoms with Crippen molar-refractivity contribution in [1.82, 2.24) is 15.2 Å². The Morgan fingerprint density at radius 3 is 2.60 bits per heavy atom. The summed E-state index contributed by atoms with van der Waals surface area (Å²) < 4.78 is 5.51. The number of hydrogen-bond donors (Lipinski definition) is 0. The van der Waals surface area contributed by atoms with Gasteiger partial charge in [0.25, 0.3) is 0 Å². The number of nitrogens with zero attached hydrogens (tertiary/aromatic N) is 3. The normalized spacial score (nSPS) is 10.7. The van der Waals surface area contributed by atoms with Crippen LogP contribution in [0.1, 0.15) is 6.92 Å². The molecule has 0 radical (unpaired) electrons. The summed E-state index contributed by atoms with van der Waals surface area (Å²) in [6, 6.07) is 9.56. The van der Waals surface area contributed by atoms with Crippen molar-refractivity contribution in [1.29, 1.82) is 0 Å². The number of benzene rings is 1. The molecule has 0 saturated carbocycles. The minimum atomic E-state index is 0.567. The molecule has 0 amide bonds. The number of aromatic nitrogens is 3. The Labute approximate surface area is 121 Å². The van der Waals surface area contributed by atoms with Crippen molar-refractivity contribution in [2.75, 3.05) is 6.61 Å². The van der Waals surface area contributed by atoms with Crippen molar-refractivity contribution >= 4 is 22.5 Å². The molecule has 0 bridgehead atoms. The zero-order chi connectivity index (χ0) is 13.9. The molecule has 4 nitrogen and oxygen atoms in total. The van der Waals surface area contributed by atoms with Crippen LogP contribution in [0.25, 0.3) is 22.0 Å². The summed E-state index contributed by atoms with van der Waals surface area (Å²) in [5.41, 5.74) is 2.80. The molecule has 0 aliphatic heterocycles. The smallest absolute Gasteiger partial charge is 0.214 e. The molecule has 0 fully saturated rings. The average Bonchev–Trinajstić information content (AvgIpc) is 2.48. The van der Waals surface area contributed by atoms with E-state index in [0.29, 0.717) is 17.5 Å². The van der Waals surface area contributed by atoms with Crippen LogP contribution >= 0.6 is 11.6 Å². The maximum absolute atomic E-state index is 5.94. The molecule has 2 heterocycles. The summed E-state index contributed by atoms with van der Waals surface area (Å²) in [6.45, 7) is 2.50. The van der Waals surface area contributed by atoms with Crippen LogP contribution in [0, 0.1) is 0 Å². The molecule has 2 aromatic heterocycles. The lowest BCUT2D eigenvalue weighted by molar-refractivity contribution is 0.328. The van der Waals surface area contributed by atoms with E-state index < -0.39 is 0 Å². The van der Waals surface area contributed by atoms with Crippen molar-refractivity contribution in [2.45, 2.75) is 6.92 Å². The van der Waals surface area contributed by atoms with E-state index in [1.54, 1.807) is 12.4 Å². The van der Waals surface area contributed by atoms with Crippen LogP contribution in [0.4, 0.5) is 0 Å². The van der Waals surface area contributed by atoms with Crippen molar-refractivity contribution in [3.05, 3.63) is 47.7 Å². The van der Waals surface area contributed by atoms with E-state index in [1.807, 2.05) is 37.3 Å². The average molecular weight is 286 g/mol. The Bertz CT molecular complexity index is 744. The van der Waals surface area contributed by atoms with Gasteiger partial charge in [0, 0.05) is 16.5 Å². The third-order valence-electron chi connectivity index (χ3n) is 2.95. The maximum atomic E-state index is 5.94. The van der Waals surface area contributed by atoms with Gasteiger partial charge in [-0.25, -0.2) is 4.98 Å². The van der Waals surface area contributed by atoms with Crippen molar-refractivity contribution in [3.63, 3.8) is 0 Å². The van der Waals surface area contributed by atoms with E-state index in [0.717, 1.165) is 22.0 Å². The first-order valence-corrected chi connectivity index (χ1v) is 6.66. The zero-order valence-electron chi connectivity index (χ0n) is 10.9. The number of ether oxygens (including phenoxy) is 1. The number of hydrogen-bond acceptors (Lipinski definition) is 4. The Morgan fingerprint density at radius 1 is 1.10 bits per heavy atom. The largest absolute Gasteiger partial charge is 0.478 e. The van der Waals surface area contributed by atoms with E-state index in [9.17, 15) is 0 Å². The van der Waals surface area contributed by atoms with Crippen LogP contribution in [-0.4, -0.2) is 21.8 Å². The van der Waals surface area contributed by atoms with Gasteiger partial charge in [-0.1, -0.05) is 23.7 Å². The van der Waals surface area contributed by atoms with E-state index in [1.165, 1.54) is 0 Å². The second-order valence-electron chi connectivity index (χ2n) is 4.24. The molecule has 0 unspecified atom stereocenters. The molecular weight excluding hydrogens is 274 g/mol. The molecule has 0 spiro atoms. The summed E-state index contributed by atoms with van der Waals surface area (Å²) in [7, 11) is 0. The van der Waals surface area contributed by atoms with E-state index in [2.05, 4.69) is 15.2 Å². The molecule has 3 aromatic rings. The first kappa shape index (κ1) is 12.8. The number of halogens is 1. The van der Waals surface area contributed by atoms with Gasteiger partial charge in [0.1, 0.15) is 0 Å². The van der Waals surface area contributed by atoms with E-state index >= 15 is 0 Å². The molecule has 0 atom stereocenters. The van der Waals surface area contributed by atoms with Crippen molar-refractivity contribution in [3.8, 4) is 17.0 Å². The fourth-order valence-electron chi connectivity index (χ4n) is 2.05. The highest BCUT2D eigenvalue weighted by Crippen LogP contribution is 2.30.